The van der Waals surface area contributed by atoms with Gasteiger partial charge in [0.1, 0.15) is 10.7 Å². The summed E-state index contributed by atoms with van der Waals surface area (Å²) in [5.41, 5.74) is 2.50. The van der Waals surface area contributed by atoms with E-state index >= 15 is 0 Å². The Bertz CT molecular complexity index is 374. The Hall–Kier alpha value is -1.00. The molecule has 0 atom stereocenters. The third kappa shape index (κ3) is 1.31. The minimum absolute atomic E-state index is 0.467. The molecule has 2 aromatic heterocycles. The molecule has 0 amide bonds. The Morgan fingerprint density at radius 3 is 3.00 bits per heavy atom. The highest BCUT2D eigenvalue weighted by atomic mass is 35.5. The van der Waals surface area contributed by atoms with Crippen molar-refractivity contribution in [3.8, 4) is 10.6 Å². The fourth-order valence-electron chi connectivity index (χ4n) is 0.836. The van der Waals surface area contributed by atoms with Crippen LogP contribution in [0.5, 0.6) is 0 Å². The van der Waals surface area contributed by atoms with Crippen LogP contribution in [0.25, 0.3) is 10.6 Å². The highest BCUT2D eigenvalue weighted by Crippen LogP contribution is 2.25. The van der Waals surface area contributed by atoms with Crippen LogP contribution in [0.3, 0.4) is 0 Å². The fourth-order valence-corrected chi connectivity index (χ4v) is 1.68. The third-order valence-electron chi connectivity index (χ3n) is 1.35. The molecule has 0 aromatic carbocycles. The minimum atomic E-state index is 0.467. The molecule has 0 N–H and O–H groups in total. The Morgan fingerprint density at radius 1 is 1.42 bits per heavy atom. The van der Waals surface area contributed by atoms with Gasteiger partial charge >= 0.3 is 0 Å². The largest absolute Gasteiger partial charge is 0.244 e. The van der Waals surface area contributed by atoms with E-state index in [9.17, 15) is 0 Å². The molecule has 12 heavy (non-hydrogen) atoms. The summed E-state index contributed by atoms with van der Waals surface area (Å²) in [6, 6.07) is 3.69. The van der Waals surface area contributed by atoms with Gasteiger partial charge in [-0.3, -0.25) is 0 Å². The van der Waals surface area contributed by atoms with E-state index < -0.39 is 0 Å². The zero-order valence-corrected chi connectivity index (χ0v) is 7.51. The van der Waals surface area contributed by atoms with Gasteiger partial charge in [0.05, 0.1) is 0 Å². The van der Waals surface area contributed by atoms with Crippen LogP contribution in [0.2, 0.25) is 5.15 Å². The van der Waals surface area contributed by atoms with Gasteiger partial charge in [-0.2, -0.15) is 0 Å². The lowest BCUT2D eigenvalue weighted by molar-refractivity contribution is 1.09. The normalized spacial score (nSPS) is 10.1. The van der Waals surface area contributed by atoms with Gasteiger partial charge in [0.25, 0.3) is 0 Å². The van der Waals surface area contributed by atoms with Crippen molar-refractivity contribution < 1.29 is 0 Å². The molecule has 0 aliphatic carbocycles. The fraction of sp³-hybridized carbons (Fsp3) is 0. The van der Waals surface area contributed by atoms with Gasteiger partial charge < -0.3 is 0 Å². The summed E-state index contributed by atoms with van der Waals surface area (Å²) in [6.07, 6.45) is 1.65. The summed E-state index contributed by atoms with van der Waals surface area (Å²) >= 11 is 7.29. The predicted octanol–water partition coefficient (Wildman–Crippen LogP) is 2.25. The van der Waals surface area contributed by atoms with Crippen molar-refractivity contribution in [2.45, 2.75) is 0 Å². The third-order valence-corrected chi connectivity index (χ3v) is 2.38. The van der Waals surface area contributed by atoms with Crippen molar-refractivity contribution in [2.24, 2.45) is 0 Å². The second-order valence-corrected chi connectivity index (χ2v) is 3.28. The maximum absolute atomic E-state index is 5.84. The first-order valence-electron chi connectivity index (χ1n) is 3.25. The molecule has 0 aliphatic heterocycles. The standard InChI is InChI=1S/C7H4ClN3S/c8-6-5(2-1-3-9-6)7-11-10-4-12-7/h1-4H. The predicted molar refractivity (Wildman–Crippen MR) is 48.2 cm³/mol. The maximum Gasteiger partial charge on any atom is 0.150 e. The van der Waals surface area contributed by atoms with Gasteiger partial charge in [-0.05, 0) is 12.1 Å². The van der Waals surface area contributed by atoms with Crippen LogP contribution in [0.1, 0.15) is 0 Å². The lowest BCUT2D eigenvalue weighted by Crippen LogP contribution is -1.80. The molecule has 5 heteroatoms. The Kier molecular flexibility index (Phi) is 2.01. The van der Waals surface area contributed by atoms with Gasteiger partial charge in [0.15, 0.2) is 5.01 Å². The molecule has 60 valence electrons. The summed E-state index contributed by atoms with van der Waals surface area (Å²) in [5, 5.41) is 8.88. The Morgan fingerprint density at radius 2 is 2.33 bits per heavy atom. The van der Waals surface area contributed by atoms with E-state index in [0.717, 1.165) is 10.6 Å². The quantitative estimate of drug-likeness (QED) is 0.659. The van der Waals surface area contributed by atoms with E-state index in [1.54, 1.807) is 11.7 Å². The molecule has 0 unspecified atom stereocenters. The first-order valence-corrected chi connectivity index (χ1v) is 4.51. The topological polar surface area (TPSA) is 38.7 Å². The van der Waals surface area contributed by atoms with Crippen molar-refractivity contribution in [1.82, 2.24) is 15.2 Å². The molecule has 2 rings (SSSR count). The van der Waals surface area contributed by atoms with Gasteiger partial charge in [-0.1, -0.05) is 22.9 Å². The number of hydrogen-bond donors (Lipinski definition) is 0. The number of rotatable bonds is 1. The number of hydrogen-bond acceptors (Lipinski definition) is 4. The van der Waals surface area contributed by atoms with E-state index in [2.05, 4.69) is 15.2 Å². The Labute approximate surface area is 78.1 Å². The highest BCUT2D eigenvalue weighted by Gasteiger charge is 2.05. The summed E-state index contributed by atoms with van der Waals surface area (Å²) < 4.78 is 0. The van der Waals surface area contributed by atoms with Crippen LogP contribution in [-0.4, -0.2) is 15.2 Å². The summed E-state index contributed by atoms with van der Waals surface area (Å²) in [4.78, 5) is 3.94. The summed E-state index contributed by atoms with van der Waals surface area (Å²) in [6.45, 7) is 0. The van der Waals surface area contributed by atoms with Crippen LogP contribution < -0.4 is 0 Å². The molecule has 2 heterocycles. The molecule has 2 aromatic rings. The molecule has 0 radical (unpaired) electrons. The van der Waals surface area contributed by atoms with E-state index in [-0.39, 0.29) is 0 Å². The van der Waals surface area contributed by atoms with Gasteiger partial charge in [0, 0.05) is 11.8 Å². The molecule has 0 saturated heterocycles. The molecule has 0 aliphatic rings. The highest BCUT2D eigenvalue weighted by molar-refractivity contribution is 7.12. The lowest BCUT2D eigenvalue weighted by atomic mass is 10.3. The van der Waals surface area contributed by atoms with E-state index in [1.165, 1.54) is 11.3 Å². The zero-order chi connectivity index (χ0) is 8.39. The van der Waals surface area contributed by atoms with Crippen molar-refractivity contribution in [3.05, 3.63) is 29.0 Å². The summed E-state index contributed by atoms with van der Waals surface area (Å²) in [7, 11) is 0. The van der Waals surface area contributed by atoms with Crippen LogP contribution >= 0.6 is 22.9 Å². The van der Waals surface area contributed by atoms with Crippen LogP contribution in [0.4, 0.5) is 0 Å². The van der Waals surface area contributed by atoms with Crippen LogP contribution in [0, 0.1) is 0 Å². The minimum Gasteiger partial charge on any atom is -0.244 e. The molecule has 0 fully saturated rings. The van der Waals surface area contributed by atoms with Gasteiger partial charge in [0.2, 0.25) is 0 Å². The number of nitrogens with zero attached hydrogens (tertiary/aromatic N) is 3. The first kappa shape index (κ1) is 7.64. The molecular formula is C7H4ClN3S. The number of halogens is 1. The lowest BCUT2D eigenvalue weighted by Gasteiger charge is -1.95. The van der Waals surface area contributed by atoms with Crippen LogP contribution in [0.15, 0.2) is 23.8 Å². The molecule has 3 nitrogen and oxygen atoms in total. The van der Waals surface area contributed by atoms with Gasteiger partial charge in [-0.15, -0.1) is 10.2 Å². The van der Waals surface area contributed by atoms with E-state index in [0.29, 0.717) is 5.15 Å². The Balaban J connectivity index is 2.55. The first-order chi connectivity index (χ1) is 5.88. The average Bonchev–Trinajstić information content (AvgIpc) is 2.57. The average molecular weight is 198 g/mol. The maximum atomic E-state index is 5.84. The molecule has 0 saturated carbocycles. The van der Waals surface area contributed by atoms with Crippen molar-refractivity contribution in [1.29, 1.82) is 0 Å². The number of pyridine rings is 1. The number of aromatic nitrogens is 3. The smallest absolute Gasteiger partial charge is 0.150 e. The second-order valence-electron chi connectivity index (χ2n) is 2.09. The van der Waals surface area contributed by atoms with Gasteiger partial charge in [-0.25, -0.2) is 4.98 Å². The van der Waals surface area contributed by atoms with E-state index in [1.807, 2.05) is 12.1 Å². The van der Waals surface area contributed by atoms with Crippen molar-refractivity contribution in [2.75, 3.05) is 0 Å². The monoisotopic (exact) mass is 197 g/mol. The van der Waals surface area contributed by atoms with E-state index in [4.69, 9.17) is 11.6 Å². The molecular weight excluding hydrogens is 194 g/mol. The van der Waals surface area contributed by atoms with Crippen LogP contribution in [-0.2, 0) is 0 Å². The van der Waals surface area contributed by atoms with Crippen molar-refractivity contribution in [3.63, 3.8) is 0 Å². The molecule has 0 spiro atoms. The summed E-state index contributed by atoms with van der Waals surface area (Å²) in [5.74, 6) is 0. The molecule has 0 bridgehead atoms. The zero-order valence-electron chi connectivity index (χ0n) is 5.94. The second kappa shape index (κ2) is 3.16. The van der Waals surface area contributed by atoms with Crippen molar-refractivity contribution >= 4 is 22.9 Å². The SMILES string of the molecule is Clc1ncccc1-c1nncs1.